The van der Waals surface area contributed by atoms with Crippen LogP contribution in [0.3, 0.4) is 0 Å². The van der Waals surface area contributed by atoms with Crippen LogP contribution in [0, 0.1) is 13.8 Å². The highest BCUT2D eigenvalue weighted by atomic mass is 16.5. The minimum Gasteiger partial charge on any atom is -0.361 e. The Hall–Kier alpha value is -3.09. The highest BCUT2D eigenvalue weighted by molar-refractivity contribution is 5.79. The number of para-hydroxylation sites is 1. The lowest BCUT2D eigenvalue weighted by Gasteiger charge is -2.22. The van der Waals surface area contributed by atoms with E-state index in [1.54, 1.807) is 0 Å². The minimum absolute atomic E-state index is 0.240. The molecule has 0 aliphatic carbocycles. The Kier molecular flexibility index (Phi) is 6.69. The minimum atomic E-state index is 0.240. The van der Waals surface area contributed by atoms with Crippen LogP contribution in [0.4, 0.5) is 0 Å². The van der Waals surface area contributed by atoms with Gasteiger partial charge in [0.2, 0.25) is 0 Å². The molecule has 0 aliphatic rings. The van der Waals surface area contributed by atoms with Gasteiger partial charge >= 0.3 is 0 Å². The monoisotopic (exact) mass is 394 g/mol. The Bertz CT molecular complexity index is 924. The fraction of sp³-hybridized carbons (Fsp3) is 0.409. The molecule has 0 bridgehead atoms. The van der Waals surface area contributed by atoms with Crippen molar-refractivity contribution in [1.29, 1.82) is 0 Å². The fourth-order valence-corrected chi connectivity index (χ4v) is 3.49. The molecule has 1 aromatic carbocycles. The number of guanidine groups is 1. The van der Waals surface area contributed by atoms with Crippen LogP contribution in [0.25, 0.3) is 5.69 Å². The van der Waals surface area contributed by atoms with Crippen LogP contribution >= 0.6 is 0 Å². The van der Waals surface area contributed by atoms with E-state index in [9.17, 15) is 0 Å². The van der Waals surface area contributed by atoms with E-state index in [0.29, 0.717) is 6.54 Å². The van der Waals surface area contributed by atoms with Crippen LogP contribution < -0.4 is 5.32 Å². The summed E-state index contributed by atoms with van der Waals surface area (Å²) < 4.78 is 7.20. The highest BCUT2D eigenvalue weighted by Crippen LogP contribution is 2.23. The van der Waals surface area contributed by atoms with Gasteiger partial charge < -0.3 is 14.7 Å². The summed E-state index contributed by atoms with van der Waals surface area (Å²) in [6.07, 6.45) is 3.96. The summed E-state index contributed by atoms with van der Waals surface area (Å²) in [5.41, 5.74) is 4.27. The molecule has 0 radical (unpaired) electrons. The van der Waals surface area contributed by atoms with Gasteiger partial charge in [0.15, 0.2) is 5.96 Å². The van der Waals surface area contributed by atoms with Crippen molar-refractivity contribution in [2.75, 3.05) is 20.1 Å². The molecule has 0 spiro atoms. The third kappa shape index (κ3) is 5.04. The Morgan fingerprint density at radius 3 is 2.69 bits per heavy atom. The molecule has 3 aromatic rings. The molecule has 29 heavy (non-hydrogen) atoms. The number of rotatable bonds is 7. The SMILES string of the molecule is CCNC(=NCC(C)c1c(C)noc1C)N(C)Cc1cnn(-c2ccccc2)c1. The largest absolute Gasteiger partial charge is 0.361 e. The molecule has 0 fully saturated rings. The summed E-state index contributed by atoms with van der Waals surface area (Å²) in [7, 11) is 2.04. The van der Waals surface area contributed by atoms with Crippen LogP contribution in [0.1, 0.15) is 42.3 Å². The zero-order valence-corrected chi connectivity index (χ0v) is 17.9. The van der Waals surface area contributed by atoms with Crippen molar-refractivity contribution in [3.05, 3.63) is 65.3 Å². The van der Waals surface area contributed by atoms with Crippen LogP contribution in [0.15, 0.2) is 52.2 Å². The van der Waals surface area contributed by atoms with Crippen molar-refractivity contribution < 1.29 is 4.52 Å². The molecule has 0 saturated heterocycles. The molecule has 3 rings (SSSR count). The van der Waals surface area contributed by atoms with E-state index < -0.39 is 0 Å². The van der Waals surface area contributed by atoms with E-state index in [2.05, 4.69) is 40.5 Å². The zero-order valence-electron chi connectivity index (χ0n) is 17.9. The first-order chi connectivity index (χ1) is 14.0. The lowest BCUT2D eigenvalue weighted by Crippen LogP contribution is -2.38. The Labute approximate surface area is 172 Å². The van der Waals surface area contributed by atoms with Gasteiger partial charge in [-0.15, -0.1) is 0 Å². The van der Waals surface area contributed by atoms with E-state index in [-0.39, 0.29) is 5.92 Å². The Balaban J connectivity index is 1.68. The van der Waals surface area contributed by atoms with E-state index >= 15 is 0 Å². The number of nitrogens with one attached hydrogen (secondary N) is 1. The molecule has 1 atom stereocenters. The second-order valence-corrected chi connectivity index (χ2v) is 7.32. The van der Waals surface area contributed by atoms with Gasteiger partial charge in [-0.05, 0) is 32.9 Å². The molecule has 2 heterocycles. The van der Waals surface area contributed by atoms with Gasteiger partial charge in [-0.1, -0.05) is 30.3 Å². The average Bonchev–Trinajstić information content (AvgIpc) is 3.31. The second-order valence-electron chi connectivity index (χ2n) is 7.32. The highest BCUT2D eigenvalue weighted by Gasteiger charge is 2.17. The van der Waals surface area contributed by atoms with Crippen molar-refractivity contribution in [2.24, 2.45) is 4.99 Å². The van der Waals surface area contributed by atoms with Crippen LogP contribution in [0.5, 0.6) is 0 Å². The predicted molar refractivity (Wildman–Crippen MR) is 115 cm³/mol. The smallest absolute Gasteiger partial charge is 0.193 e. The van der Waals surface area contributed by atoms with E-state index in [4.69, 9.17) is 9.52 Å². The number of benzene rings is 1. The van der Waals surface area contributed by atoms with Crippen LogP contribution in [0.2, 0.25) is 0 Å². The Morgan fingerprint density at radius 1 is 1.28 bits per heavy atom. The number of hydrogen-bond donors (Lipinski definition) is 1. The number of aryl methyl sites for hydroxylation is 2. The van der Waals surface area contributed by atoms with Crippen LogP contribution in [-0.4, -0.2) is 45.9 Å². The molecule has 7 heteroatoms. The lowest BCUT2D eigenvalue weighted by molar-refractivity contribution is 0.391. The summed E-state index contributed by atoms with van der Waals surface area (Å²) in [6, 6.07) is 10.1. The van der Waals surface area contributed by atoms with Gasteiger partial charge in [0.1, 0.15) is 5.76 Å². The average molecular weight is 395 g/mol. The maximum absolute atomic E-state index is 5.30. The molecule has 154 valence electrons. The molecular formula is C22H30N6O. The second kappa shape index (κ2) is 9.41. The molecule has 0 amide bonds. The van der Waals surface area contributed by atoms with Gasteiger partial charge in [-0.25, -0.2) is 4.68 Å². The lowest BCUT2D eigenvalue weighted by atomic mass is 10.00. The van der Waals surface area contributed by atoms with Crippen molar-refractivity contribution in [1.82, 2.24) is 25.2 Å². The first kappa shape index (κ1) is 20.6. The van der Waals surface area contributed by atoms with Gasteiger partial charge in [-0.3, -0.25) is 4.99 Å². The first-order valence-electron chi connectivity index (χ1n) is 10.0. The number of nitrogens with zero attached hydrogens (tertiary/aromatic N) is 5. The number of hydrogen-bond acceptors (Lipinski definition) is 4. The van der Waals surface area contributed by atoms with Gasteiger partial charge in [0.25, 0.3) is 0 Å². The topological polar surface area (TPSA) is 71.5 Å². The number of aliphatic imine (C=N–C) groups is 1. The third-order valence-corrected chi connectivity index (χ3v) is 4.87. The molecular weight excluding hydrogens is 364 g/mol. The molecule has 0 aliphatic heterocycles. The van der Waals surface area contributed by atoms with Crippen molar-refractivity contribution >= 4 is 5.96 Å². The zero-order chi connectivity index (χ0) is 20.8. The van der Waals surface area contributed by atoms with Crippen molar-refractivity contribution in [2.45, 2.75) is 40.2 Å². The maximum atomic E-state index is 5.30. The summed E-state index contributed by atoms with van der Waals surface area (Å²) in [4.78, 5) is 6.97. The third-order valence-electron chi connectivity index (χ3n) is 4.87. The normalized spacial score (nSPS) is 12.8. The Morgan fingerprint density at radius 2 is 2.03 bits per heavy atom. The summed E-state index contributed by atoms with van der Waals surface area (Å²) in [5.74, 6) is 1.99. The summed E-state index contributed by atoms with van der Waals surface area (Å²) in [6.45, 7) is 10.4. The van der Waals surface area contributed by atoms with Gasteiger partial charge in [0.05, 0.1) is 17.6 Å². The summed E-state index contributed by atoms with van der Waals surface area (Å²) >= 11 is 0. The predicted octanol–water partition coefficient (Wildman–Crippen LogP) is 3.68. The van der Waals surface area contributed by atoms with Gasteiger partial charge in [-0.2, -0.15) is 5.10 Å². The molecule has 0 saturated carbocycles. The molecule has 7 nitrogen and oxygen atoms in total. The van der Waals surface area contributed by atoms with E-state index in [1.165, 1.54) is 0 Å². The molecule has 1 N–H and O–H groups in total. The van der Waals surface area contributed by atoms with Crippen molar-refractivity contribution in [3.8, 4) is 5.69 Å². The molecule has 2 aromatic heterocycles. The van der Waals surface area contributed by atoms with E-state index in [0.717, 1.165) is 47.3 Å². The fourth-order valence-electron chi connectivity index (χ4n) is 3.49. The standard InChI is InChI=1S/C22H30N6O/c1-6-23-22(24-12-16(2)21-17(3)26-29-18(21)4)27(5)14-19-13-25-28(15-19)20-10-8-7-9-11-20/h7-11,13,15-16H,6,12,14H2,1-5H3,(H,23,24). The van der Waals surface area contributed by atoms with Crippen molar-refractivity contribution in [3.63, 3.8) is 0 Å². The first-order valence-corrected chi connectivity index (χ1v) is 10.0. The number of aromatic nitrogens is 3. The van der Waals surface area contributed by atoms with E-state index in [1.807, 2.05) is 62.1 Å². The maximum Gasteiger partial charge on any atom is 0.193 e. The van der Waals surface area contributed by atoms with Gasteiger partial charge in [0, 0.05) is 49.9 Å². The quantitative estimate of drug-likeness (QED) is 0.489. The van der Waals surface area contributed by atoms with Crippen LogP contribution in [-0.2, 0) is 6.54 Å². The summed E-state index contributed by atoms with van der Waals surface area (Å²) in [5, 5.41) is 11.9. The molecule has 1 unspecified atom stereocenters.